The van der Waals surface area contributed by atoms with Crippen LogP contribution in [0.1, 0.15) is 57.2 Å². The molecule has 2 heteroatoms. The Morgan fingerprint density at radius 1 is 1.00 bits per heavy atom. The third-order valence-corrected chi connectivity index (χ3v) is 3.75. The Labute approximate surface area is 129 Å². The number of hydrogen-bond acceptors (Lipinski definition) is 2. The van der Waals surface area contributed by atoms with Gasteiger partial charge in [-0.15, -0.1) is 0 Å². The van der Waals surface area contributed by atoms with Crippen LogP contribution >= 0.6 is 0 Å². The maximum Gasteiger partial charge on any atom is 0.0920 e. The highest BCUT2D eigenvalue weighted by Crippen LogP contribution is 2.32. The van der Waals surface area contributed by atoms with E-state index in [9.17, 15) is 5.11 Å². The average molecular weight is 287 g/mol. The summed E-state index contributed by atoms with van der Waals surface area (Å²) in [7, 11) is 0. The second kappa shape index (κ2) is 8.81. The van der Waals surface area contributed by atoms with Crippen LogP contribution in [0.4, 0.5) is 0 Å². The van der Waals surface area contributed by atoms with Gasteiger partial charge in [-0.2, -0.15) is 0 Å². The summed E-state index contributed by atoms with van der Waals surface area (Å²) >= 11 is 0. The lowest BCUT2D eigenvalue weighted by atomic mass is 9.83. The van der Waals surface area contributed by atoms with Crippen LogP contribution in [0.3, 0.4) is 0 Å². The van der Waals surface area contributed by atoms with Crippen molar-refractivity contribution in [3.05, 3.63) is 47.0 Å². The molecule has 0 aromatic heterocycles. The number of rotatable bonds is 3. The maximum atomic E-state index is 10.8. The molecule has 0 spiro atoms. The zero-order valence-corrected chi connectivity index (χ0v) is 13.8. The number of hydrogen-bond donors (Lipinski definition) is 2. The van der Waals surface area contributed by atoms with Gasteiger partial charge in [0.05, 0.1) is 5.60 Å². The Kier molecular flexibility index (Phi) is 7.41. The van der Waals surface area contributed by atoms with Crippen molar-refractivity contribution in [3.63, 3.8) is 0 Å². The molecule has 0 amide bonds. The summed E-state index contributed by atoms with van der Waals surface area (Å²) in [5, 5.41) is 14.1. The Morgan fingerprint density at radius 2 is 1.57 bits per heavy atom. The summed E-state index contributed by atoms with van der Waals surface area (Å²) in [5.41, 5.74) is 2.73. The van der Waals surface area contributed by atoms with E-state index in [1.807, 2.05) is 39.8 Å². The van der Waals surface area contributed by atoms with Crippen molar-refractivity contribution in [1.29, 1.82) is 0 Å². The van der Waals surface area contributed by atoms with Gasteiger partial charge in [-0.05, 0) is 62.5 Å². The van der Waals surface area contributed by atoms with Gasteiger partial charge in [-0.1, -0.05) is 50.3 Å². The first-order valence-electron chi connectivity index (χ1n) is 8.02. The molecule has 1 heterocycles. The lowest BCUT2D eigenvalue weighted by Crippen LogP contribution is -2.39. The van der Waals surface area contributed by atoms with Gasteiger partial charge in [-0.3, -0.25) is 0 Å². The molecule has 1 aliphatic heterocycles. The Bertz CT molecular complexity index is 482. The summed E-state index contributed by atoms with van der Waals surface area (Å²) in [6.45, 7) is 9.80. The molecule has 1 saturated heterocycles. The predicted octanol–water partition coefficient (Wildman–Crippen LogP) is 4.35. The number of aliphatic hydroxyl groups is 1. The Balaban J connectivity index is 0.00000106. The zero-order chi connectivity index (χ0) is 15.7. The molecular formula is C19H29NO. The first kappa shape index (κ1) is 17.7. The van der Waals surface area contributed by atoms with E-state index in [2.05, 4.69) is 35.7 Å². The van der Waals surface area contributed by atoms with Gasteiger partial charge >= 0.3 is 0 Å². The fraction of sp³-hybridized carbons (Fsp3) is 0.474. The normalized spacial score (nSPS) is 17.8. The molecule has 1 fully saturated rings. The fourth-order valence-electron chi connectivity index (χ4n) is 2.65. The van der Waals surface area contributed by atoms with Gasteiger partial charge < -0.3 is 10.4 Å². The minimum atomic E-state index is -0.671. The van der Waals surface area contributed by atoms with Crippen LogP contribution in [0.15, 0.2) is 30.4 Å². The summed E-state index contributed by atoms with van der Waals surface area (Å²) in [6.07, 6.45) is 9.85. The molecule has 0 unspecified atom stereocenters. The van der Waals surface area contributed by atoms with Gasteiger partial charge in [0, 0.05) is 0 Å². The quantitative estimate of drug-likeness (QED) is 0.866. The van der Waals surface area contributed by atoms with Crippen LogP contribution in [0, 0.1) is 0 Å². The van der Waals surface area contributed by atoms with E-state index in [-0.39, 0.29) is 0 Å². The average Bonchev–Trinajstić information content (AvgIpc) is 2.52. The molecule has 0 radical (unpaired) electrons. The van der Waals surface area contributed by atoms with Crippen LogP contribution in [0.5, 0.6) is 0 Å². The first-order chi connectivity index (χ1) is 10.2. The molecule has 1 aromatic carbocycles. The molecule has 2 N–H and O–H groups in total. The molecule has 2 nitrogen and oxygen atoms in total. The van der Waals surface area contributed by atoms with Crippen molar-refractivity contribution in [2.24, 2.45) is 0 Å². The van der Waals surface area contributed by atoms with E-state index in [4.69, 9.17) is 0 Å². The lowest BCUT2D eigenvalue weighted by Gasteiger charge is -2.33. The van der Waals surface area contributed by atoms with Crippen LogP contribution in [0.25, 0.3) is 12.2 Å². The van der Waals surface area contributed by atoms with Crippen molar-refractivity contribution in [2.45, 2.75) is 46.1 Å². The molecule has 21 heavy (non-hydrogen) atoms. The molecule has 116 valence electrons. The fourth-order valence-corrected chi connectivity index (χ4v) is 2.65. The summed E-state index contributed by atoms with van der Waals surface area (Å²) in [4.78, 5) is 0. The Morgan fingerprint density at radius 3 is 2.14 bits per heavy atom. The van der Waals surface area contributed by atoms with Crippen molar-refractivity contribution < 1.29 is 5.11 Å². The highest BCUT2D eigenvalue weighted by atomic mass is 16.3. The van der Waals surface area contributed by atoms with Crippen molar-refractivity contribution in [1.82, 2.24) is 5.32 Å². The van der Waals surface area contributed by atoms with Crippen LogP contribution in [-0.2, 0) is 5.60 Å². The van der Waals surface area contributed by atoms with Gasteiger partial charge in [0.25, 0.3) is 0 Å². The van der Waals surface area contributed by atoms with Crippen molar-refractivity contribution in [3.8, 4) is 0 Å². The molecule has 0 bridgehead atoms. The standard InChI is InChI=1S/C17H23NO.C2H6/c1-3-5-14-7-8-16(13-15(14)6-4-2)17(19)9-11-18-12-10-17;1-2/h3-8,13,18-19H,9-12H2,1-2H3;1-2H3/b5-3-,6-4-;. The third kappa shape index (κ3) is 4.55. The van der Waals surface area contributed by atoms with E-state index in [0.29, 0.717) is 0 Å². The topological polar surface area (TPSA) is 32.3 Å². The van der Waals surface area contributed by atoms with Gasteiger partial charge in [0.15, 0.2) is 0 Å². The first-order valence-corrected chi connectivity index (χ1v) is 8.02. The maximum absolute atomic E-state index is 10.8. The lowest BCUT2D eigenvalue weighted by molar-refractivity contribution is 0.00592. The van der Waals surface area contributed by atoms with E-state index in [1.54, 1.807) is 0 Å². The van der Waals surface area contributed by atoms with E-state index in [1.165, 1.54) is 11.1 Å². The highest BCUT2D eigenvalue weighted by Gasteiger charge is 2.31. The van der Waals surface area contributed by atoms with Crippen LogP contribution < -0.4 is 5.32 Å². The molecule has 0 saturated carbocycles. The van der Waals surface area contributed by atoms with E-state index >= 15 is 0 Å². The van der Waals surface area contributed by atoms with Crippen LogP contribution in [-0.4, -0.2) is 18.2 Å². The molecule has 1 aromatic rings. The number of allylic oxidation sites excluding steroid dienone is 2. The third-order valence-electron chi connectivity index (χ3n) is 3.75. The van der Waals surface area contributed by atoms with Crippen molar-refractivity contribution >= 4 is 12.2 Å². The minimum absolute atomic E-state index is 0.671. The number of nitrogens with one attached hydrogen (secondary N) is 1. The summed E-state index contributed by atoms with van der Waals surface area (Å²) < 4.78 is 0. The van der Waals surface area contributed by atoms with Gasteiger partial charge in [0.1, 0.15) is 0 Å². The second-order valence-corrected chi connectivity index (χ2v) is 5.13. The number of benzene rings is 1. The SMILES string of the molecule is C/C=C\c1ccc(C2(O)CCNCC2)cc1/C=C\C.CC. The highest BCUT2D eigenvalue weighted by molar-refractivity contribution is 5.66. The van der Waals surface area contributed by atoms with Gasteiger partial charge in [-0.25, -0.2) is 0 Å². The predicted molar refractivity (Wildman–Crippen MR) is 93.2 cm³/mol. The second-order valence-electron chi connectivity index (χ2n) is 5.13. The molecule has 1 aliphatic rings. The van der Waals surface area contributed by atoms with E-state index in [0.717, 1.165) is 31.5 Å². The summed E-state index contributed by atoms with van der Waals surface area (Å²) in [5.74, 6) is 0. The molecular weight excluding hydrogens is 258 g/mol. The monoisotopic (exact) mass is 287 g/mol. The van der Waals surface area contributed by atoms with Gasteiger partial charge in [0.2, 0.25) is 0 Å². The molecule has 2 rings (SSSR count). The van der Waals surface area contributed by atoms with E-state index < -0.39 is 5.60 Å². The minimum Gasteiger partial charge on any atom is -0.385 e. The number of piperidine rings is 1. The largest absolute Gasteiger partial charge is 0.385 e. The Hall–Kier alpha value is -1.38. The smallest absolute Gasteiger partial charge is 0.0920 e. The zero-order valence-electron chi connectivity index (χ0n) is 13.8. The molecule has 0 atom stereocenters. The van der Waals surface area contributed by atoms with Crippen LogP contribution in [0.2, 0.25) is 0 Å². The molecule has 0 aliphatic carbocycles. The summed E-state index contributed by atoms with van der Waals surface area (Å²) in [6, 6.07) is 6.29. The van der Waals surface area contributed by atoms with Crippen molar-refractivity contribution in [2.75, 3.05) is 13.1 Å².